The van der Waals surface area contributed by atoms with E-state index in [1.165, 1.54) is 0 Å². The molecule has 1 unspecified atom stereocenters. The van der Waals surface area contributed by atoms with Crippen molar-refractivity contribution in [1.29, 1.82) is 0 Å². The van der Waals surface area contributed by atoms with Crippen molar-refractivity contribution >= 4 is 11.9 Å². The van der Waals surface area contributed by atoms with E-state index in [0.717, 1.165) is 11.3 Å². The van der Waals surface area contributed by atoms with Crippen LogP contribution in [-0.2, 0) is 17.6 Å². The third-order valence-corrected chi connectivity index (χ3v) is 2.43. The van der Waals surface area contributed by atoms with E-state index in [2.05, 4.69) is 5.16 Å². The van der Waals surface area contributed by atoms with Crippen LogP contribution in [0.5, 0.6) is 0 Å². The number of nitrogen functional groups attached to an aromatic ring is 1. The fourth-order valence-electron chi connectivity index (χ4n) is 1.64. The Bertz CT molecular complexity index is 345. The predicted molar refractivity (Wildman–Crippen MR) is 44.1 cm³/mol. The van der Waals surface area contributed by atoms with Crippen molar-refractivity contribution in [2.75, 3.05) is 5.73 Å². The minimum atomic E-state index is -0.772. The zero-order valence-electron chi connectivity index (χ0n) is 6.99. The van der Waals surface area contributed by atoms with E-state index in [1.54, 1.807) is 0 Å². The quantitative estimate of drug-likeness (QED) is 0.658. The van der Waals surface area contributed by atoms with Crippen molar-refractivity contribution in [3.8, 4) is 0 Å². The highest BCUT2D eigenvalue weighted by atomic mass is 16.5. The third kappa shape index (κ3) is 1.26. The Morgan fingerprint density at radius 1 is 1.69 bits per heavy atom. The average molecular weight is 182 g/mol. The normalized spacial score (nSPS) is 21.1. The summed E-state index contributed by atoms with van der Waals surface area (Å²) in [7, 11) is 0. The molecule has 70 valence electrons. The first-order valence-corrected chi connectivity index (χ1v) is 4.14. The van der Waals surface area contributed by atoms with Crippen LogP contribution in [0.15, 0.2) is 4.52 Å². The minimum Gasteiger partial charge on any atom is -0.481 e. The van der Waals surface area contributed by atoms with Gasteiger partial charge in [0.1, 0.15) is 0 Å². The van der Waals surface area contributed by atoms with Gasteiger partial charge < -0.3 is 15.4 Å². The Kier molecular flexibility index (Phi) is 1.72. The number of nitrogens with two attached hydrogens (primary N) is 1. The van der Waals surface area contributed by atoms with Gasteiger partial charge in [0, 0.05) is 5.56 Å². The molecule has 0 bridgehead atoms. The van der Waals surface area contributed by atoms with Crippen molar-refractivity contribution in [1.82, 2.24) is 5.16 Å². The number of rotatable bonds is 1. The van der Waals surface area contributed by atoms with Crippen LogP contribution in [0.4, 0.5) is 5.88 Å². The lowest BCUT2D eigenvalue weighted by Gasteiger charge is -2.16. The van der Waals surface area contributed by atoms with E-state index in [1.807, 2.05) is 0 Å². The second kappa shape index (κ2) is 2.76. The second-order valence-corrected chi connectivity index (χ2v) is 3.25. The molecular weight excluding hydrogens is 172 g/mol. The number of anilines is 1. The first kappa shape index (κ1) is 8.10. The van der Waals surface area contributed by atoms with Crippen molar-refractivity contribution in [2.45, 2.75) is 19.3 Å². The molecule has 0 fully saturated rings. The molecule has 0 amide bonds. The first-order chi connectivity index (χ1) is 6.18. The summed E-state index contributed by atoms with van der Waals surface area (Å²) >= 11 is 0. The standard InChI is InChI=1S/C8H10N2O3/c9-7-5-3-4(8(11)12)1-2-6(5)10-13-7/h4H,1-3,9H2,(H,11,12). The molecule has 0 aromatic carbocycles. The molecular formula is C8H10N2O3. The Morgan fingerprint density at radius 2 is 2.46 bits per heavy atom. The van der Waals surface area contributed by atoms with Gasteiger partial charge in [-0.3, -0.25) is 4.79 Å². The predicted octanol–water partition coefficient (Wildman–Crippen LogP) is 0.446. The van der Waals surface area contributed by atoms with Gasteiger partial charge in [-0.05, 0) is 19.3 Å². The van der Waals surface area contributed by atoms with Crippen LogP contribution in [0.1, 0.15) is 17.7 Å². The van der Waals surface area contributed by atoms with Gasteiger partial charge in [-0.25, -0.2) is 0 Å². The van der Waals surface area contributed by atoms with Gasteiger partial charge in [-0.2, -0.15) is 0 Å². The third-order valence-electron chi connectivity index (χ3n) is 2.43. The number of carbonyl (C=O) groups is 1. The van der Waals surface area contributed by atoms with Crippen LogP contribution >= 0.6 is 0 Å². The fraction of sp³-hybridized carbons (Fsp3) is 0.500. The summed E-state index contributed by atoms with van der Waals surface area (Å²) in [5.74, 6) is -0.846. The summed E-state index contributed by atoms with van der Waals surface area (Å²) in [5, 5.41) is 12.6. The number of aromatic nitrogens is 1. The van der Waals surface area contributed by atoms with Gasteiger partial charge in [-0.15, -0.1) is 0 Å². The highest BCUT2D eigenvalue weighted by Gasteiger charge is 2.28. The topological polar surface area (TPSA) is 89.4 Å². The maximum absolute atomic E-state index is 10.7. The van der Waals surface area contributed by atoms with Crippen LogP contribution in [0.25, 0.3) is 0 Å². The second-order valence-electron chi connectivity index (χ2n) is 3.25. The SMILES string of the molecule is Nc1onc2c1CC(C(=O)O)CC2. The molecule has 0 saturated carbocycles. The van der Waals surface area contributed by atoms with E-state index in [-0.39, 0.29) is 11.8 Å². The van der Waals surface area contributed by atoms with E-state index in [4.69, 9.17) is 15.4 Å². The maximum atomic E-state index is 10.7. The van der Waals surface area contributed by atoms with Crippen molar-refractivity contribution in [2.24, 2.45) is 5.92 Å². The van der Waals surface area contributed by atoms with Crippen LogP contribution in [-0.4, -0.2) is 16.2 Å². The van der Waals surface area contributed by atoms with Crippen LogP contribution in [0, 0.1) is 5.92 Å². The number of aliphatic carboxylic acids is 1. The Morgan fingerprint density at radius 3 is 3.15 bits per heavy atom. The van der Waals surface area contributed by atoms with Gasteiger partial charge in [0.15, 0.2) is 0 Å². The van der Waals surface area contributed by atoms with Crippen LogP contribution < -0.4 is 5.73 Å². The molecule has 1 aliphatic rings. The number of carboxylic acid groups (broad SMARTS) is 1. The highest BCUT2D eigenvalue weighted by molar-refractivity contribution is 5.71. The lowest BCUT2D eigenvalue weighted by Crippen LogP contribution is -2.22. The summed E-state index contributed by atoms with van der Waals surface area (Å²) in [6, 6.07) is 0. The number of fused-ring (bicyclic) bond motifs is 1. The van der Waals surface area contributed by atoms with E-state index in [9.17, 15) is 4.79 Å². The van der Waals surface area contributed by atoms with E-state index in [0.29, 0.717) is 19.3 Å². The lowest BCUT2D eigenvalue weighted by atomic mass is 9.87. The minimum absolute atomic E-state index is 0.265. The number of nitrogens with zero attached hydrogens (tertiary/aromatic N) is 1. The van der Waals surface area contributed by atoms with Crippen molar-refractivity contribution < 1.29 is 14.4 Å². The summed E-state index contributed by atoms with van der Waals surface area (Å²) < 4.78 is 4.78. The molecule has 13 heavy (non-hydrogen) atoms. The number of hydrogen-bond donors (Lipinski definition) is 2. The van der Waals surface area contributed by atoms with Gasteiger partial charge in [-0.1, -0.05) is 5.16 Å². The number of hydrogen-bond acceptors (Lipinski definition) is 4. The highest BCUT2D eigenvalue weighted by Crippen LogP contribution is 2.28. The first-order valence-electron chi connectivity index (χ1n) is 4.14. The van der Waals surface area contributed by atoms with Gasteiger partial charge in [0.05, 0.1) is 11.6 Å². The number of carboxylic acids is 1. The summed E-state index contributed by atoms with van der Waals surface area (Å²) in [4.78, 5) is 10.7. The molecule has 3 N–H and O–H groups in total. The number of aryl methyl sites for hydroxylation is 1. The summed E-state index contributed by atoms with van der Waals surface area (Å²) in [5.41, 5.74) is 7.09. The molecule has 1 heterocycles. The molecule has 1 atom stereocenters. The lowest BCUT2D eigenvalue weighted by molar-refractivity contribution is -0.142. The smallest absolute Gasteiger partial charge is 0.306 e. The molecule has 0 saturated heterocycles. The van der Waals surface area contributed by atoms with Crippen LogP contribution in [0.3, 0.4) is 0 Å². The van der Waals surface area contributed by atoms with Crippen LogP contribution in [0.2, 0.25) is 0 Å². The molecule has 0 radical (unpaired) electrons. The molecule has 5 nitrogen and oxygen atoms in total. The zero-order chi connectivity index (χ0) is 9.42. The van der Waals surface area contributed by atoms with E-state index < -0.39 is 5.97 Å². The van der Waals surface area contributed by atoms with Gasteiger partial charge >= 0.3 is 5.97 Å². The van der Waals surface area contributed by atoms with Crippen molar-refractivity contribution in [3.63, 3.8) is 0 Å². The van der Waals surface area contributed by atoms with Gasteiger partial charge in [0.25, 0.3) is 0 Å². The molecule has 0 spiro atoms. The van der Waals surface area contributed by atoms with E-state index >= 15 is 0 Å². The molecule has 0 aliphatic heterocycles. The maximum Gasteiger partial charge on any atom is 0.306 e. The molecule has 2 rings (SSSR count). The summed E-state index contributed by atoms with van der Waals surface area (Å²) in [6.45, 7) is 0. The average Bonchev–Trinajstić information content (AvgIpc) is 2.47. The Hall–Kier alpha value is -1.52. The van der Waals surface area contributed by atoms with Crippen molar-refractivity contribution in [3.05, 3.63) is 11.3 Å². The summed E-state index contributed by atoms with van der Waals surface area (Å²) in [6.07, 6.45) is 1.71. The largest absolute Gasteiger partial charge is 0.481 e. The Labute approximate surface area is 74.5 Å². The molecule has 1 aliphatic carbocycles. The molecule has 5 heteroatoms. The zero-order valence-corrected chi connectivity index (χ0v) is 6.99. The monoisotopic (exact) mass is 182 g/mol. The Balaban J connectivity index is 2.27. The fourth-order valence-corrected chi connectivity index (χ4v) is 1.64. The van der Waals surface area contributed by atoms with Gasteiger partial charge in [0.2, 0.25) is 5.88 Å². The molecule has 1 aromatic rings. The molecule has 1 aromatic heterocycles.